The fraction of sp³-hybridized carbons (Fsp3) is 0.500. The van der Waals surface area contributed by atoms with Gasteiger partial charge < -0.3 is 4.74 Å². The maximum Gasteiger partial charge on any atom is 0.293 e. The zero-order valence-electron chi connectivity index (χ0n) is 4.96. The van der Waals surface area contributed by atoms with E-state index < -0.39 is 0 Å². The second-order valence-electron chi connectivity index (χ2n) is 1.32. The summed E-state index contributed by atoms with van der Waals surface area (Å²) in [5.74, 6) is 0. The third kappa shape index (κ3) is 5.21. The molecule has 0 amide bonds. The van der Waals surface area contributed by atoms with Crippen molar-refractivity contribution in [1.29, 1.82) is 0 Å². The average molecular weight is 114 g/mol. The van der Waals surface area contributed by atoms with Crippen LogP contribution in [0, 0.1) is 0 Å². The lowest BCUT2D eigenvalue weighted by atomic mass is 10.4. The van der Waals surface area contributed by atoms with Crippen molar-refractivity contribution < 1.29 is 9.53 Å². The zero-order valence-corrected chi connectivity index (χ0v) is 4.96. The summed E-state index contributed by atoms with van der Waals surface area (Å²) in [6.45, 7) is 2.89. The van der Waals surface area contributed by atoms with E-state index in [0.717, 1.165) is 6.42 Å². The first-order valence-corrected chi connectivity index (χ1v) is 2.58. The van der Waals surface area contributed by atoms with Gasteiger partial charge in [0.2, 0.25) is 0 Å². The van der Waals surface area contributed by atoms with Gasteiger partial charge in [-0.2, -0.15) is 0 Å². The molecule has 0 saturated heterocycles. The lowest BCUT2D eigenvalue weighted by Crippen LogP contribution is -1.87. The second kappa shape index (κ2) is 6.21. The Balaban J connectivity index is 2.82. The Bertz CT molecular complexity index is 76.6. The van der Waals surface area contributed by atoms with E-state index in [9.17, 15) is 4.79 Å². The number of allylic oxidation sites excluding steroid dienone is 1. The molecule has 46 valence electrons. The molecule has 0 aromatic heterocycles. The summed E-state index contributed by atoms with van der Waals surface area (Å²) in [6, 6.07) is 0. The van der Waals surface area contributed by atoms with Crippen molar-refractivity contribution in [2.45, 2.75) is 13.3 Å². The topological polar surface area (TPSA) is 26.3 Å². The van der Waals surface area contributed by atoms with Gasteiger partial charge in [-0.15, -0.1) is 0 Å². The molecular formula is C6H10O2. The van der Waals surface area contributed by atoms with Gasteiger partial charge in [-0.3, -0.25) is 4.79 Å². The quantitative estimate of drug-likeness (QED) is 0.311. The fourth-order valence-electron chi connectivity index (χ4n) is 0.351. The minimum atomic E-state index is 0.462. The van der Waals surface area contributed by atoms with E-state index in [1.807, 2.05) is 19.1 Å². The number of rotatable bonds is 4. The molecule has 0 radical (unpaired) electrons. The molecule has 0 aliphatic rings. The molecule has 0 aromatic carbocycles. The molecule has 0 N–H and O–H groups in total. The molecule has 2 heteroatoms. The Hall–Kier alpha value is -0.790. The monoisotopic (exact) mass is 114 g/mol. The first-order chi connectivity index (χ1) is 3.91. The van der Waals surface area contributed by atoms with Crippen LogP contribution in [0.15, 0.2) is 12.2 Å². The van der Waals surface area contributed by atoms with Gasteiger partial charge in [0.05, 0.1) is 6.61 Å². The van der Waals surface area contributed by atoms with Crippen molar-refractivity contribution in [2.75, 3.05) is 6.61 Å². The molecule has 0 aliphatic carbocycles. The summed E-state index contributed by atoms with van der Waals surface area (Å²) >= 11 is 0. The van der Waals surface area contributed by atoms with Crippen LogP contribution in [0.3, 0.4) is 0 Å². The van der Waals surface area contributed by atoms with Crippen molar-refractivity contribution in [1.82, 2.24) is 0 Å². The molecule has 0 fully saturated rings. The summed E-state index contributed by atoms with van der Waals surface area (Å²) in [7, 11) is 0. The largest absolute Gasteiger partial charge is 0.468 e. The lowest BCUT2D eigenvalue weighted by Gasteiger charge is -1.89. The summed E-state index contributed by atoms with van der Waals surface area (Å²) in [6.07, 6.45) is 4.69. The standard InChI is InChI=1S/C6H10O2/c1-2-3-4-5-8-6-7/h2-3,6H,4-5H2,1H3. The maximum atomic E-state index is 9.52. The van der Waals surface area contributed by atoms with Crippen LogP contribution in [-0.4, -0.2) is 13.1 Å². The molecule has 0 rings (SSSR count). The number of carbonyl (C=O) groups is 1. The maximum absolute atomic E-state index is 9.52. The van der Waals surface area contributed by atoms with Crippen LogP contribution in [0.1, 0.15) is 13.3 Å². The predicted molar refractivity (Wildman–Crippen MR) is 31.4 cm³/mol. The molecule has 0 aromatic rings. The Kier molecular flexibility index (Phi) is 5.60. The predicted octanol–water partition coefficient (Wildman–Crippen LogP) is 1.13. The third-order valence-electron chi connectivity index (χ3n) is 0.706. The Morgan fingerprint density at radius 3 is 2.88 bits per heavy atom. The van der Waals surface area contributed by atoms with Crippen LogP contribution in [0.25, 0.3) is 0 Å². The van der Waals surface area contributed by atoms with E-state index in [2.05, 4.69) is 4.74 Å². The third-order valence-corrected chi connectivity index (χ3v) is 0.706. The van der Waals surface area contributed by atoms with Crippen molar-refractivity contribution in [3.8, 4) is 0 Å². The number of hydrogen-bond acceptors (Lipinski definition) is 2. The van der Waals surface area contributed by atoms with Crippen molar-refractivity contribution in [2.24, 2.45) is 0 Å². The minimum Gasteiger partial charge on any atom is -0.468 e. The smallest absolute Gasteiger partial charge is 0.293 e. The highest BCUT2D eigenvalue weighted by molar-refractivity contribution is 5.36. The Morgan fingerprint density at radius 2 is 2.38 bits per heavy atom. The summed E-state index contributed by atoms with van der Waals surface area (Å²) < 4.78 is 4.40. The minimum absolute atomic E-state index is 0.462. The summed E-state index contributed by atoms with van der Waals surface area (Å²) in [5, 5.41) is 0. The van der Waals surface area contributed by atoms with Crippen LogP contribution < -0.4 is 0 Å². The van der Waals surface area contributed by atoms with Gasteiger partial charge in [0, 0.05) is 0 Å². The highest BCUT2D eigenvalue weighted by atomic mass is 16.5. The molecule has 0 spiro atoms. The van der Waals surface area contributed by atoms with Gasteiger partial charge in [-0.25, -0.2) is 0 Å². The van der Waals surface area contributed by atoms with Gasteiger partial charge in [0.1, 0.15) is 0 Å². The number of carbonyl (C=O) groups excluding carboxylic acids is 1. The molecule has 0 atom stereocenters. The highest BCUT2D eigenvalue weighted by Crippen LogP contribution is 1.81. The SMILES string of the molecule is CC=CCCOC=O. The molecule has 0 aliphatic heterocycles. The molecular weight excluding hydrogens is 104 g/mol. The summed E-state index contributed by atoms with van der Waals surface area (Å²) in [4.78, 5) is 9.52. The van der Waals surface area contributed by atoms with Crippen molar-refractivity contribution in [3.05, 3.63) is 12.2 Å². The van der Waals surface area contributed by atoms with E-state index in [0.29, 0.717) is 13.1 Å². The molecule has 2 nitrogen and oxygen atoms in total. The molecule has 0 heterocycles. The lowest BCUT2D eigenvalue weighted by molar-refractivity contribution is -0.128. The van der Waals surface area contributed by atoms with E-state index in [4.69, 9.17) is 0 Å². The van der Waals surface area contributed by atoms with E-state index in [1.165, 1.54) is 0 Å². The second-order valence-corrected chi connectivity index (χ2v) is 1.32. The van der Waals surface area contributed by atoms with Crippen LogP contribution >= 0.6 is 0 Å². The highest BCUT2D eigenvalue weighted by Gasteiger charge is 1.76. The molecule has 8 heavy (non-hydrogen) atoms. The van der Waals surface area contributed by atoms with Crippen LogP contribution in [-0.2, 0) is 9.53 Å². The Labute approximate surface area is 49.1 Å². The van der Waals surface area contributed by atoms with E-state index >= 15 is 0 Å². The number of ether oxygens (including phenoxy) is 1. The van der Waals surface area contributed by atoms with Crippen molar-refractivity contribution in [3.63, 3.8) is 0 Å². The first kappa shape index (κ1) is 7.21. The van der Waals surface area contributed by atoms with Gasteiger partial charge in [0.25, 0.3) is 6.47 Å². The van der Waals surface area contributed by atoms with Gasteiger partial charge in [-0.05, 0) is 13.3 Å². The Morgan fingerprint density at radius 1 is 1.62 bits per heavy atom. The van der Waals surface area contributed by atoms with E-state index in [1.54, 1.807) is 0 Å². The van der Waals surface area contributed by atoms with Gasteiger partial charge in [-0.1, -0.05) is 12.2 Å². The summed E-state index contributed by atoms with van der Waals surface area (Å²) in [5.41, 5.74) is 0. The van der Waals surface area contributed by atoms with Gasteiger partial charge >= 0.3 is 0 Å². The average Bonchev–Trinajstić information content (AvgIpc) is 1.81. The van der Waals surface area contributed by atoms with Crippen molar-refractivity contribution >= 4 is 6.47 Å². The number of hydrogen-bond donors (Lipinski definition) is 0. The normalized spacial score (nSPS) is 9.62. The molecule has 0 bridgehead atoms. The van der Waals surface area contributed by atoms with E-state index in [-0.39, 0.29) is 0 Å². The van der Waals surface area contributed by atoms with Gasteiger partial charge in [0.15, 0.2) is 0 Å². The molecule has 0 saturated carbocycles. The van der Waals surface area contributed by atoms with Crippen LogP contribution in [0.4, 0.5) is 0 Å². The first-order valence-electron chi connectivity index (χ1n) is 2.58. The fourth-order valence-corrected chi connectivity index (χ4v) is 0.351. The van der Waals surface area contributed by atoms with Crippen LogP contribution in [0.5, 0.6) is 0 Å². The van der Waals surface area contributed by atoms with Crippen LogP contribution in [0.2, 0.25) is 0 Å². The zero-order chi connectivity index (χ0) is 6.24. The molecule has 0 unspecified atom stereocenters.